The highest BCUT2D eigenvalue weighted by atomic mass is 32.2. The van der Waals surface area contributed by atoms with Crippen molar-refractivity contribution in [1.82, 2.24) is 9.80 Å². The van der Waals surface area contributed by atoms with Gasteiger partial charge in [0.1, 0.15) is 4.32 Å². The van der Waals surface area contributed by atoms with E-state index in [1.54, 1.807) is 4.90 Å². The third kappa shape index (κ3) is 4.94. The molecule has 0 N–H and O–H groups in total. The van der Waals surface area contributed by atoms with Gasteiger partial charge in [-0.05, 0) is 25.9 Å². The highest BCUT2D eigenvalue weighted by molar-refractivity contribution is 8.23. The Bertz CT molecular complexity index is 247. The molecule has 0 aromatic heterocycles. The predicted octanol–water partition coefficient (Wildman–Crippen LogP) is 2.71. The second kappa shape index (κ2) is 8.06. The highest BCUT2D eigenvalue weighted by Gasteiger charge is 2.27. The second-order valence-corrected chi connectivity index (χ2v) is 5.95. The topological polar surface area (TPSA) is 23.6 Å². The number of thioether (sulfide) groups is 1. The quantitative estimate of drug-likeness (QED) is 0.635. The maximum atomic E-state index is 11.7. The molecule has 1 rings (SSSR count). The van der Waals surface area contributed by atoms with E-state index in [1.807, 2.05) is 0 Å². The van der Waals surface area contributed by atoms with Gasteiger partial charge in [0.05, 0.1) is 12.4 Å². The van der Waals surface area contributed by atoms with E-state index in [0.29, 0.717) is 12.4 Å². The predicted molar refractivity (Wildman–Crippen MR) is 78.2 cm³/mol. The van der Waals surface area contributed by atoms with Crippen LogP contribution in [0.1, 0.15) is 39.5 Å². The molecule has 1 aliphatic heterocycles. The minimum absolute atomic E-state index is 0.165. The van der Waals surface area contributed by atoms with E-state index >= 15 is 0 Å². The smallest absolute Gasteiger partial charge is 0.239 e. The van der Waals surface area contributed by atoms with Gasteiger partial charge in [-0.15, -0.1) is 0 Å². The van der Waals surface area contributed by atoms with Gasteiger partial charge in [0, 0.05) is 0 Å². The molecule has 0 atom stereocenters. The van der Waals surface area contributed by atoms with Crippen LogP contribution < -0.4 is 0 Å². The van der Waals surface area contributed by atoms with E-state index in [0.717, 1.165) is 17.4 Å². The van der Waals surface area contributed by atoms with Crippen LogP contribution in [0.4, 0.5) is 0 Å². The largest absolute Gasteiger partial charge is 0.286 e. The van der Waals surface area contributed by atoms with Crippen LogP contribution in [0.25, 0.3) is 0 Å². The summed E-state index contributed by atoms with van der Waals surface area (Å²) in [4.78, 5) is 15.8. The molecule has 1 heterocycles. The zero-order valence-electron chi connectivity index (χ0n) is 10.8. The first-order chi connectivity index (χ1) is 8.19. The maximum absolute atomic E-state index is 11.7. The zero-order chi connectivity index (χ0) is 12.7. The van der Waals surface area contributed by atoms with Gasteiger partial charge in [-0.2, -0.15) is 0 Å². The number of nitrogens with zero attached hydrogens (tertiary/aromatic N) is 2. The van der Waals surface area contributed by atoms with Crippen molar-refractivity contribution in [1.29, 1.82) is 0 Å². The van der Waals surface area contributed by atoms with E-state index < -0.39 is 0 Å². The molecule has 5 heteroatoms. The molecule has 0 radical (unpaired) electrons. The molecule has 0 bridgehead atoms. The summed E-state index contributed by atoms with van der Waals surface area (Å²) in [5.41, 5.74) is 0. The Kier molecular flexibility index (Phi) is 7.08. The van der Waals surface area contributed by atoms with Crippen molar-refractivity contribution < 1.29 is 4.79 Å². The minimum Gasteiger partial charge on any atom is -0.286 e. The lowest BCUT2D eigenvalue weighted by Crippen LogP contribution is -2.41. The highest BCUT2D eigenvalue weighted by Crippen LogP contribution is 2.19. The number of rotatable bonds is 8. The van der Waals surface area contributed by atoms with Crippen LogP contribution >= 0.6 is 24.0 Å². The Balaban J connectivity index is 2.45. The molecule has 3 nitrogen and oxygen atoms in total. The fourth-order valence-electron chi connectivity index (χ4n) is 1.73. The second-order valence-electron chi connectivity index (χ2n) is 4.34. The van der Waals surface area contributed by atoms with Crippen LogP contribution in [-0.2, 0) is 4.79 Å². The summed E-state index contributed by atoms with van der Waals surface area (Å²) >= 11 is 6.69. The molecule has 0 unspecified atom stereocenters. The van der Waals surface area contributed by atoms with Gasteiger partial charge in [0.15, 0.2) is 0 Å². The van der Waals surface area contributed by atoms with Gasteiger partial charge in [0.2, 0.25) is 5.91 Å². The standard InChI is InChI=1S/C12H22N2OS2/c1-3-5-7-13(8-6-4-2)10-14-11(15)9-17-12(14)16/h3-10H2,1-2H3. The van der Waals surface area contributed by atoms with Crippen LogP contribution in [0.2, 0.25) is 0 Å². The molecule has 0 aromatic carbocycles. The number of carbonyl (C=O) groups excluding carboxylic acids is 1. The molecule has 1 amide bonds. The fourth-order valence-corrected chi connectivity index (χ4v) is 2.79. The lowest BCUT2D eigenvalue weighted by molar-refractivity contribution is -0.125. The Morgan fingerprint density at radius 2 is 1.88 bits per heavy atom. The average Bonchev–Trinajstić information content (AvgIpc) is 2.63. The molecule has 98 valence electrons. The first-order valence-electron chi connectivity index (χ1n) is 6.38. The third-order valence-corrected chi connectivity index (χ3v) is 4.27. The van der Waals surface area contributed by atoms with Crippen molar-refractivity contribution in [2.24, 2.45) is 0 Å². The molecule has 17 heavy (non-hydrogen) atoms. The Morgan fingerprint density at radius 1 is 1.29 bits per heavy atom. The van der Waals surface area contributed by atoms with Gasteiger partial charge in [0.25, 0.3) is 0 Å². The molecular formula is C12H22N2OS2. The summed E-state index contributed by atoms with van der Waals surface area (Å²) in [6, 6.07) is 0. The van der Waals surface area contributed by atoms with Crippen molar-refractivity contribution >= 4 is 34.2 Å². The first-order valence-corrected chi connectivity index (χ1v) is 7.77. The SMILES string of the molecule is CCCCN(CCCC)CN1C(=O)CSC1=S. The van der Waals surface area contributed by atoms with Crippen molar-refractivity contribution in [3.05, 3.63) is 0 Å². The van der Waals surface area contributed by atoms with Crippen LogP contribution in [0, 0.1) is 0 Å². The monoisotopic (exact) mass is 274 g/mol. The average molecular weight is 274 g/mol. The lowest BCUT2D eigenvalue weighted by atomic mass is 10.3. The fraction of sp³-hybridized carbons (Fsp3) is 0.833. The molecule has 0 spiro atoms. The lowest BCUT2D eigenvalue weighted by Gasteiger charge is -2.27. The van der Waals surface area contributed by atoms with Crippen LogP contribution in [0.5, 0.6) is 0 Å². The van der Waals surface area contributed by atoms with E-state index in [1.165, 1.54) is 37.4 Å². The van der Waals surface area contributed by atoms with E-state index in [-0.39, 0.29) is 5.91 Å². The summed E-state index contributed by atoms with van der Waals surface area (Å²) < 4.78 is 0.744. The van der Waals surface area contributed by atoms with E-state index in [4.69, 9.17) is 12.2 Å². The first kappa shape index (κ1) is 14.9. The maximum Gasteiger partial charge on any atom is 0.239 e. The summed E-state index contributed by atoms with van der Waals surface area (Å²) in [6.07, 6.45) is 4.75. The number of amides is 1. The molecule has 0 aromatic rings. The zero-order valence-corrected chi connectivity index (χ0v) is 12.4. The van der Waals surface area contributed by atoms with Gasteiger partial charge in [-0.25, -0.2) is 0 Å². The van der Waals surface area contributed by atoms with Crippen molar-refractivity contribution in [3.8, 4) is 0 Å². The molecule has 0 saturated carbocycles. The number of thiocarbonyl (C=S) groups is 1. The van der Waals surface area contributed by atoms with Gasteiger partial charge >= 0.3 is 0 Å². The molecule has 1 aliphatic rings. The van der Waals surface area contributed by atoms with Crippen LogP contribution in [0.3, 0.4) is 0 Å². The van der Waals surface area contributed by atoms with E-state index in [2.05, 4.69) is 18.7 Å². The minimum atomic E-state index is 0.165. The molecule has 0 aliphatic carbocycles. The van der Waals surface area contributed by atoms with Crippen LogP contribution in [0.15, 0.2) is 0 Å². The summed E-state index contributed by atoms with van der Waals surface area (Å²) in [5.74, 6) is 0.687. The molecule has 1 fully saturated rings. The molecule has 1 saturated heterocycles. The Hall–Kier alpha value is -0.130. The van der Waals surface area contributed by atoms with Crippen LogP contribution in [-0.4, -0.2) is 45.5 Å². The number of unbranched alkanes of at least 4 members (excludes halogenated alkanes) is 2. The third-order valence-electron chi connectivity index (χ3n) is 2.84. The molecular weight excluding hydrogens is 252 g/mol. The summed E-state index contributed by atoms with van der Waals surface area (Å²) in [7, 11) is 0. The Labute approximate surface area is 114 Å². The van der Waals surface area contributed by atoms with Crippen molar-refractivity contribution in [2.45, 2.75) is 39.5 Å². The number of hydrogen-bond acceptors (Lipinski definition) is 4. The number of carbonyl (C=O) groups is 1. The van der Waals surface area contributed by atoms with Gasteiger partial charge in [-0.1, -0.05) is 50.7 Å². The Morgan fingerprint density at radius 3 is 2.29 bits per heavy atom. The van der Waals surface area contributed by atoms with Crippen molar-refractivity contribution in [3.63, 3.8) is 0 Å². The summed E-state index contributed by atoms with van der Waals surface area (Å²) in [6.45, 7) is 7.20. The van der Waals surface area contributed by atoms with Gasteiger partial charge in [-0.3, -0.25) is 14.6 Å². The van der Waals surface area contributed by atoms with E-state index in [9.17, 15) is 4.79 Å². The summed E-state index contributed by atoms with van der Waals surface area (Å²) in [5, 5.41) is 0. The van der Waals surface area contributed by atoms with Gasteiger partial charge < -0.3 is 0 Å². The number of hydrogen-bond donors (Lipinski definition) is 0. The normalized spacial score (nSPS) is 16.3. The van der Waals surface area contributed by atoms with Crippen molar-refractivity contribution in [2.75, 3.05) is 25.5 Å².